The van der Waals surface area contributed by atoms with Crippen LogP contribution in [0.5, 0.6) is 0 Å². The number of nitrogens with zero attached hydrogens (tertiary/aromatic N) is 6. The Labute approximate surface area is 175 Å². The first kappa shape index (κ1) is 18.8. The number of likely N-dealkylation sites (N-methyl/N-ethyl adjacent to an activating group) is 1. The predicted molar refractivity (Wildman–Crippen MR) is 117 cm³/mol. The molecule has 0 saturated carbocycles. The molecule has 2 saturated heterocycles. The number of anilines is 1. The second kappa shape index (κ2) is 7.55. The van der Waals surface area contributed by atoms with Crippen LogP contribution in [-0.2, 0) is 0 Å². The number of hydrogen-bond acceptors (Lipinski definition) is 6. The molecule has 0 spiro atoms. The highest BCUT2D eigenvalue weighted by Gasteiger charge is 2.29. The highest BCUT2D eigenvalue weighted by Crippen LogP contribution is 2.35. The standard InChI is InChI=1S/C21H26ClN7/c1-3-27-8-10-28(11-9-27)20-18-21(25-14(2)24-20)29(15-12-23-13-15)19(26-18)16-6-4-5-7-17(16)22/h4-7,15,23H,3,8-13H2,1-2H3. The summed E-state index contributed by atoms with van der Waals surface area (Å²) in [6.07, 6.45) is 0. The van der Waals surface area contributed by atoms with Crippen molar-refractivity contribution in [1.29, 1.82) is 0 Å². The molecule has 8 heteroatoms. The third kappa shape index (κ3) is 3.27. The van der Waals surface area contributed by atoms with Crippen LogP contribution in [0.15, 0.2) is 24.3 Å². The Morgan fingerprint density at radius 1 is 1.07 bits per heavy atom. The van der Waals surface area contributed by atoms with Crippen LogP contribution in [0.2, 0.25) is 5.02 Å². The highest BCUT2D eigenvalue weighted by atomic mass is 35.5. The van der Waals surface area contributed by atoms with Gasteiger partial charge >= 0.3 is 0 Å². The molecule has 29 heavy (non-hydrogen) atoms. The summed E-state index contributed by atoms with van der Waals surface area (Å²) in [5.41, 5.74) is 2.73. The quantitative estimate of drug-likeness (QED) is 0.712. The lowest BCUT2D eigenvalue weighted by Gasteiger charge is -2.35. The van der Waals surface area contributed by atoms with Crippen LogP contribution in [0, 0.1) is 6.92 Å². The van der Waals surface area contributed by atoms with E-state index in [1.54, 1.807) is 0 Å². The maximum absolute atomic E-state index is 6.56. The lowest BCUT2D eigenvalue weighted by Crippen LogP contribution is -2.46. The van der Waals surface area contributed by atoms with E-state index < -0.39 is 0 Å². The van der Waals surface area contributed by atoms with E-state index in [4.69, 9.17) is 26.6 Å². The van der Waals surface area contributed by atoms with E-state index in [1.807, 2.05) is 31.2 Å². The van der Waals surface area contributed by atoms with Gasteiger partial charge in [0.2, 0.25) is 0 Å². The van der Waals surface area contributed by atoms with Crippen molar-refractivity contribution in [2.75, 3.05) is 50.7 Å². The molecule has 152 valence electrons. The molecule has 1 aromatic carbocycles. The average Bonchev–Trinajstić information content (AvgIpc) is 3.05. The lowest BCUT2D eigenvalue weighted by atomic mass is 10.1. The van der Waals surface area contributed by atoms with Gasteiger partial charge in [0.1, 0.15) is 11.6 Å². The number of nitrogens with one attached hydrogen (secondary N) is 1. The Morgan fingerprint density at radius 3 is 2.48 bits per heavy atom. The number of hydrogen-bond donors (Lipinski definition) is 1. The fraction of sp³-hybridized carbons (Fsp3) is 0.476. The Hall–Kier alpha value is -2.22. The Bertz CT molecular complexity index is 1030. The summed E-state index contributed by atoms with van der Waals surface area (Å²) < 4.78 is 2.26. The normalized spacial score (nSPS) is 18.4. The van der Waals surface area contributed by atoms with Crippen LogP contribution in [-0.4, -0.2) is 70.2 Å². The van der Waals surface area contributed by atoms with Crippen LogP contribution >= 0.6 is 11.6 Å². The van der Waals surface area contributed by atoms with Gasteiger partial charge in [-0.25, -0.2) is 15.0 Å². The molecule has 3 aromatic rings. The number of rotatable bonds is 4. The zero-order valence-corrected chi connectivity index (χ0v) is 17.7. The summed E-state index contributed by atoms with van der Waals surface area (Å²) >= 11 is 6.56. The summed E-state index contributed by atoms with van der Waals surface area (Å²) in [5, 5.41) is 4.08. The average molecular weight is 412 g/mol. The minimum Gasteiger partial charge on any atom is -0.352 e. The zero-order chi connectivity index (χ0) is 20.0. The van der Waals surface area contributed by atoms with Gasteiger partial charge in [0.25, 0.3) is 0 Å². The fourth-order valence-corrected chi connectivity index (χ4v) is 4.42. The SMILES string of the molecule is CCN1CCN(c2nc(C)nc3c2nc(-c2ccccc2Cl)n3C2CNC2)CC1. The summed E-state index contributed by atoms with van der Waals surface area (Å²) in [6.45, 7) is 11.1. The summed E-state index contributed by atoms with van der Waals surface area (Å²) in [6, 6.07) is 8.23. The fourth-order valence-electron chi connectivity index (χ4n) is 4.20. The molecule has 0 amide bonds. The van der Waals surface area contributed by atoms with Crippen LogP contribution in [0.1, 0.15) is 18.8 Å². The van der Waals surface area contributed by atoms with Crippen LogP contribution < -0.4 is 10.2 Å². The summed E-state index contributed by atoms with van der Waals surface area (Å²) in [5.74, 6) is 2.61. The van der Waals surface area contributed by atoms with Crippen LogP contribution in [0.25, 0.3) is 22.6 Å². The van der Waals surface area contributed by atoms with Gasteiger partial charge in [-0.15, -0.1) is 0 Å². The topological polar surface area (TPSA) is 62.1 Å². The van der Waals surface area contributed by atoms with Crippen molar-refractivity contribution in [3.05, 3.63) is 35.1 Å². The smallest absolute Gasteiger partial charge is 0.166 e. The van der Waals surface area contributed by atoms with E-state index in [2.05, 4.69) is 26.6 Å². The molecule has 4 heterocycles. The van der Waals surface area contributed by atoms with Gasteiger partial charge in [0, 0.05) is 44.8 Å². The minimum absolute atomic E-state index is 0.324. The molecule has 7 nitrogen and oxygen atoms in total. The molecular formula is C21H26ClN7. The van der Waals surface area contributed by atoms with Crippen molar-refractivity contribution in [2.24, 2.45) is 0 Å². The molecule has 0 radical (unpaired) electrons. The minimum atomic E-state index is 0.324. The van der Waals surface area contributed by atoms with E-state index in [-0.39, 0.29) is 0 Å². The molecule has 2 aromatic heterocycles. The third-order valence-corrected chi connectivity index (χ3v) is 6.32. The van der Waals surface area contributed by atoms with Gasteiger partial charge in [0.05, 0.1) is 11.1 Å². The van der Waals surface area contributed by atoms with Gasteiger partial charge in [0.15, 0.2) is 17.0 Å². The largest absolute Gasteiger partial charge is 0.352 e. The monoisotopic (exact) mass is 411 g/mol. The number of halogens is 1. The molecule has 1 N–H and O–H groups in total. The third-order valence-electron chi connectivity index (χ3n) is 5.99. The molecule has 0 aliphatic carbocycles. The molecule has 2 aliphatic rings. The Morgan fingerprint density at radius 2 is 1.83 bits per heavy atom. The first-order chi connectivity index (χ1) is 14.2. The number of aryl methyl sites for hydroxylation is 1. The van der Waals surface area contributed by atoms with E-state index in [0.717, 1.165) is 80.0 Å². The Kier molecular flexibility index (Phi) is 4.89. The molecule has 0 bridgehead atoms. The number of benzene rings is 1. The van der Waals surface area contributed by atoms with Crippen molar-refractivity contribution in [2.45, 2.75) is 19.9 Å². The van der Waals surface area contributed by atoms with Gasteiger partial charge in [-0.05, 0) is 25.6 Å². The molecular weight excluding hydrogens is 386 g/mol. The number of aromatic nitrogens is 4. The van der Waals surface area contributed by atoms with E-state index >= 15 is 0 Å². The Balaban J connectivity index is 1.67. The maximum Gasteiger partial charge on any atom is 0.166 e. The van der Waals surface area contributed by atoms with E-state index in [0.29, 0.717) is 11.1 Å². The number of fused-ring (bicyclic) bond motifs is 1. The van der Waals surface area contributed by atoms with Gasteiger partial charge < -0.3 is 19.7 Å². The van der Waals surface area contributed by atoms with E-state index in [1.165, 1.54) is 0 Å². The molecule has 0 unspecified atom stereocenters. The number of piperazine rings is 1. The van der Waals surface area contributed by atoms with Crippen molar-refractivity contribution in [1.82, 2.24) is 29.7 Å². The van der Waals surface area contributed by atoms with E-state index in [9.17, 15) is 0 Å². The summed E-state index contributed by atoms with van der Waals surface area (Å²) in [7, 11) is 0. The van der Waals surface area contributed by atoms with Crippen molar-refractivity contribution >= 4 is 28.6 Å². The second-order valence-corrected chi connectivity index (χ2v) is 8.19. The maximum atomic E-state index is 6.56. The molecule has 0 atom stereocenters. The van der Waals surface area contributed by atoms with Gasteiger partial charge in [-0.3, -0.25) is 0 Å². The van der Waals surface area contributed by atoms with Crippen LogP contribution in [0.4, 0.5) is 5.82 Å². The molecule has 2 aliphatic heterocycles. The highest BCUT2D eigenvalue weighted by molar-refractivity contribution is 6.33. The van der Waals surface area contributed by atoms with Crippen molar-refractivity contribution < 1.29 is 0 Å². The first-order valence-corrected chi connectivity index (χ1v) is 10.7. The summed E-state index contributed by atoms with van der Waals surface area (Å²) in [4.78, 5) is 19.5. The lowest BCUT2D eigenvalue weighted by molar-refractivity contribution is 0.270. The van der Waals surface area contributed by atoms with Gasteiger partial charge in [-0.1, -0.05) is 30.7 Å². The van der Waals surface area contributed by atoms with Gasteiger partial charge in [-0.2, -0.15) is 0 Å². The molecule has 2 fully saturated rings. The second-order valence-electron chi connectivity index (χ2n) is 7.79. The predicted octanol–water partition coefficient (Wildman–Crippen LogP) is 2.74. The van der Waals surface area contributed by atoms with Crippen molar-refractivity contribution in [3.63, 3.8) is 0 Å². The van der Waals surface area contributed by atoms with Crippen molar-refractivity contribution in [3.8, 4) is 11.4 Å². The zero-order valence-electron chi connectivity index (χ0n) is 16.9. The number of imidazole rings is 1. The first-order valence-electron chi connectivity index (χ1n) is 10.3. The molecule has 5 rings (SSSR count). The van der Waals surface area contributed by atoms with Crippen LogP contribution in [0.3, 0.4) is 0 Å².